The zero-order valence-corrected chi connectivity index (χ0v) is 9.28. The van der Waals surface area contributed by atoms with E-state index in [0.717, 1.165) is 6.54 Å². The monoisotopic (exact) mass is 189 g/mol. The van der Waals surface area contributed by atoms with Crippen molar-refractivity contribution in [3.8, 4) is 0 Å². The quantitative estimate of drug-likeness (QED) is 0.617. The van der Waals surface area contributed by atoms with Crippen LogP contribution in [0.2, 0.25) is 0 Å². The third-order valence-corrected chi connectivity index (χ3v) is 4.25. The molecular weight excluding hydrogens is 170 g/mol. The molecule has 0 amide bonds. The maximum absolute atomic E-state index is 11.9. The van der Waals surface area contributed by atoms with Crippen LogP contribution in [0.3, 0.4) is 0 Å². The van der Waals surface area contributed by atoms with Crippen molar-refractivity contribution >= 4 is 11.0 Å². The van der Waals surface area contributed by atoms with Gasteiger partial charge in [-0.25, -0.2) is 8.51 Å². The Labute approximate surface area is 77.9 Å². The van der Waals surface area contributed by atoms with E-state index in [1.54, 1.807) is 0 Å². The van der Waals surface area contributed by atoms with Crippen molar-refractivity contribution in [2.24, 2.45) is 0 Å². The largest absolute Gasteiger partial charge is 0.242 e. The van der Waals surface area contributed by atoms with E-state index in [1.807, 2.05) is 20.8 Å². The van der Waals surface area contributed by atoms with Crippen molar-refractivity contribution in [2.75, 3.05) is 6.54 Å². The fourth-order valence-electron chi connectivity index (χ4n) is 1.51. The fourth-order valence-corrected chi connectivity index (χ4v) is 2.94. The summed E-state index contributed by atoms with van der Waals surface area (Å²) in [5.41, 5.74) is 0. The van der Waals surface area contributed by atoms with Gasteiger partial charge in [0.05, 0.1) is 15.7 Å². The Kier molecular flexibility index (Phi) is 2.94. The Hall–Kier alpha value is 0.110. The highest BCUT2D eigenvalue weighted by molar-refractivity contribution is 7.84. The molecule has 1 aliphatic heterocycles. The number of rotatable bonds is 1. The van der Waals surface area contributed by atoms with E-state index in [2.05, 4.69) is 11.2 Å². The van der Waals surface area contributed by atoms with Crippen molar-refractivity contribution < 1.29 is 4.21 Å². The van der Waals surface area contributed by atoms with Crippen molar-refractivity contribution in [1.29, 1.82) is 0 Å². The normalized spacial score (nSPS) is 29.2. The van der Waals surface area contributed by atoms with Gasteiger partial charge >= 0.3 is 0 Å². The lowest BCUT2D eigenvalue weighted by molar-refractivity contribution is 0.428. The van der Waals surface area contributed by atoms with Gasteiger partial charge < -0.3 is 0 Å². The number of hydrogen-bond acceptors (Lipinski definition) is 1. The molecular formula is C9H19NOS. The van der Waals surface area contributed by atoms with Gasteiger partial charge in [0.2, 0.25) is 0 Å². The third kappa shape index (κ3) is 2.07. The molecule has 2 atom stereocenters. The van der Waals surface area contributed by atoms with Crippen molar-refractivity contribution in [3.05, 3.63) is 0 Å². The summed E-state index contributed by atoms with van der Waals surface area (Å²) < 4.78 is 13.9. The minimum atomic E-state index is -0.809. The lowest BCUT2D eigenvalue weighted by Gasteiger charge is -2.28. The minimum absolute atomic E-state index is 0.0986. The van der Waals surface area contributed by atoms with Gasteiger partial charge in [-0.2, -0.15) is 0 Å². The van der Waals surface area contributed by atoms with E-state index >= 15 is 0 Å². The molecule has 0 aliphatic carbocycles. The Balaban J connectivity index is 2.64. The molecule has 1 fully saturated rings. The highest BCUT2D eigenvalue weighted by atomic mass is 32.2. The SMILES string of the molecule is C[C@@H]1CCCN1S(=O)C(C)(C)C. The van der Waals surface area contributed by atoms with Crippen LogP contribution in [-0.2, 0) is 11.0 Å². The van der Waals surface area contributed by atoms with Crippen LogP contribution >= 0.6 is 0 Å². The topological polar surface area (TPSA) is 20.3 Å². The van der Waals surface area contributed by atoms with E-state index in [9.17, 15) is 4.21 Å². The second-order valence-electron chi connectivity index (χ2n) is 4.49. The first-order chi connectivity index (χ1) is 5.43. The summed E-state index contributed by atoms with van der Waals surface area (Å²) in [6.45, 7) is 9.28. The van der Waals surface area contributed by atoms with Crippen LogP contribution < -0.4 is 0 Å². The molecule has 0 radical (unpaired) electrons. The standard InChI is InChI=1S/C9H19NOS/c1-8-6-5-7-10(8)12(11)9(2,3)4/h8H,5-7H2,1-4H3/t8-,12?/m1/s1. The summed E-state index contributed by atoms with van der Waals surface area (Å²) in [6, 6.07) is 0.505. The average molecular weight is 189 g/mol. The molecule has 0 aromatic rings. The Morgan fingerprint density at radius 2 is 2.00 bits per heavy atom. The summed E-state index contributed by atoms with van der Waals surface area (Å²) in [5.74, 6) is 0. The average Bonchev–Trinajstić information content (AvgIpc) is 2.31. The van der Waals surface area contributed by atoms with Crippen molar-refractivity contribution in [1.82, 2.24) is 4.31 Å². The second-order valence-corrected chi connectivity index (χ2v) is 6.69. The molecule has 1 saturated heterocycles. The molecule has 0 bridgehead atoms. The maximum atomic E-state index is 11.9. The lowest BCUT2D eigenvalue weighted by Crippen LogP contribution is -2.39. The van der Waals surface area contributed by atoms with Crippen LogP contribution in [0.4, 0.5) is 0 Å². The molecule has 1 heterocycles. The fraction of sp³-hybridized carbons (Fsp3) is 1.00. The minimum Gasteiger partial charge on any atom is -0.242 e. The summed E-state index contributed by atoms with van der Waals surface area (Å²) >= 11 is 0. The molecule has 0 saturated carbocycles. The first-order valence-electron chi connectivity index (χ1n) is 4.61. The van der Waals surface area contributed by atoms with Gasteiger partial charge in [0.1, 0.15) is 0 Å². The van der Waals surface area contributed by atoms with Gasteiger partial charge in [-0.1, -0.05) is 0 Å². The van der Waals surface area contributed by atoms with E-state index in [4.69, 9.17) is 0 Å². The molecule has 1 rings (SSSR count). The molecule has 0 N–H and O–H groups in total. The van der Waals surface area contributed by atoms with E-state index in [-0.39, 0.29) is 4.75 Å². The van der Waals surface area contributed by atoms with Gasteiger partial charge in [0, 0.05) is 12.6 Å². The van der Waals surface area contributed by atoms with Crippen molar-refractivity contribution in [2.45, 2.75) is 51.3 Å². The third-order valence-electron chi connectivity index (χ3n) is 2.23. The zero-order valence-electron chi connectivity index (χ0n) is 8.46. The molecule has 3 heteroatoms. The smallest absolute Gasteiger partial charge is 0.0999 e. The lowest BCUT2D eigenvalue weighted by atomic mass is 10.3. The van der Waals surface area contributed by atoms with Gasteiger partial charge in [-0.05, 0) is 40.5 Å². The molecule has 0 aromatic heterocycles. The predicted octanol–water partition coefficient (Wildman–Crippen LogP) is 1.93. The highest BCUT2D eigenvalue weighted by Crippen LogP contribution is 2.24. The van der Waals surface area contributed by atoms with Gasteiger partial charge in [0.25, 0.3) is 0 Å². The van der Waals surface area contributed by atoms with Crippen LogP contribution in [0, 0.1) is 0 Å². The molecule has 0 aromatic carbocycles. The Morgan fingerprint density at radius 3 is 2.33 bits per heavy atom. The summed E-state index contributed by atoms with van der Waals surface area (Å²) in [4.78, 5) is 0. The Morgan fingerprint density at radius 1 is 1.42 bits per heavy atom. The zero-order chi connectivity index (χ0) is 9.35. The maximum Gasteiger partial charge on any atom is 0.0999 e. The van der Waals surface area contributed by atoms with Gasteiger partial charge in [0.15, 0.2) is 0 Å². The van der Waals surface area contributed by atoms with Crippen molar-refractivity contribution in [3.63, 3.8) is 0 Å². The Bertz CT molecular complexity index is 185. The first kappa shape index (κ1) is 10.2. The van der Waals surface area contributed by atoms with Gasteiger partial charge in [-0.3, -0.25) is 0 Å². The van der Waals surface area contributed by atoms with Crippen LogP contribution in [0.5, 0.6) is 0 Å². The molecule has 1 aliphatic rings. The van der Waals surface area contributed by atoms with E-state index in [0.29, 0.717) is 6.04 Å². The molecule has 72 valence electrons. The molecule has 1 unspecified atom stereocenters. The first-order valence-corrected chi connectivity index (χ1v) is 5.72. The van der Waals surface area contributed by atoms with Crippen LogP contribution in [0.25, 0.3) is 0 Å². The number of hydrogen-bond donors (Lipinski definition) is 0. The van der Waals surface area contributed by atoms with Crippen LogP contribution in [0.1, 0.15) is 40.5 Å². The second kappa shape index (κ2) is 3.46. The summed E-state index contributed by atoms with van der Waals surface area (Å²) in [5, 5.41) is 0. The van der Waals surface area contributed by atoms with E-state index in [1.165, 1.54) is 12.8 Å². The molecule has 0 spiro atoms. The molecule has 2 nitrogen and oxygen atoms in total. The van der Waals surface area contributed by atoms with Gasteiger partial charge in [-0.15, -0.1) is 0 Å². The predicted molar refractivity (Wildman–Crippen MR) is 53.3 cm³/mol. The number of nitrogens with zero attached hydrogens (tertiary/aromatic N) is 1. The summed E-state index contributed by atoms with van der Waals surface area (Å²) in [6.07, 6.45) is 2.39. The van der Waals surface area contributed by atoms with Crippen LogP contribution in [0.15, 0.2) is 0 Å². The van der Waals surface area contributed by atoms with Crippen LogP contribution in [-0.4, -0.2) is 25.8 Å². The molecule has 12 heavy (non-hydrogen) atoms. The van der Waals surface area contributed by atoms with E-state index < -0.39 is 11.0 Å². The summed E-state index contributed by atoms with van der Waals surface area (Å²) in [7, 11) is -0.809. The highest BCUT2D eigenvalue weighted by Gasteiger charge is 2.32.